The third-order valence-electron chi connectivity index (χ3n) is 2.44. The van der Waals surface area contributed by atoms with E-state index < -0.39 is 0 Å². The molecule has 1 N–H and O–H groups in total. The van der Waals surface area contributed by atoms with Crippen LogP contribution in [0.3, 0.4) is 0 Å². The summed E-state index contributed by atoms with van der Waals surface area (Å²) in [6, 6.07) is 8.35. The Labute approximate surface area is 110 Å². The molecule has 0 fully saturated rings. The summed E-state index contributed by atoms with van der Waals surface area (Å²) in [5.41, 5.74) is 1.66. The van der Waals surface area contributed by atoms with Crippen molar-refractivity contribution in [1.82, 2.24) is 4.98 Å². The largest absolute Gasteiger partial charge is 0.494 e. The number of halogens is 2. The van der Waals surface area contributed by atoms with E-state index in [-0.39, 0.29) is 11.6 Å². The third kappa shape index (κ3) is 3.11. The van der Waals surface area contributed by atoms with Crippen molar-refractivity contribution in [2.24, 2.45) is 0 Å². The first-order valence-electron chi connectivity index (χ1n) is 5.37. The molecule has 1 heterocycles. The first-order chi connectivity index (χ1) is 8.69. The predicted octanol–water partition coefficient (Wildman–Crippen LogP) is 3.49. The van der Waals surface area contributed by atoms with Gasteiger partial charge in [0.2, 0.25) is 0 Å². The molecule has 0 aliphatic heterocycles. The average molecular weight is 267 g/mol. The van der Waals surface area contributed by atoms with E-state index in [0.717, 1.165) is 11.3 Å². The van der Waals surface area contributed by atoms with Crippen LogP contribution in [0.5, 0.6) is 5.75 Å². The van der Waals surface area contributed by atoms with Crippen LogP contribution in [0.4, 0.5) is 10.1 Å². The number of ether oxygens (including phenoxy) is 1. The zero-order chi connectivity index (χ0) is 13.0. The number of benzene rings is 1. The number of nitrogens with one attached hydrogen (secondary N) is 1. The molecule has 0 unspecified atom stereocenters. The number of methoxy groups -OCH3 is 1. The molecule has 0 amide bonds. The molecule has 0 spiro atoms. The van der Waals surface area contributed by atoms with Gasteiger partial charge in [0, 0.05) is 18.4 Å². The second-order valence-electron chi connectivity index (χ2n) is 3.69. The molecule has 5 heteroatoms. The van der Waals surface area contributed by atoms with Crippen LogP contribution in [-0.2, 0) is 6.54 Å². The molecular weight excluding hydrogens is 255 g/mol. The molecule has 0 saturated carbocycles. The molecule has 0 bridgehead atoms. The van der Waals surface area contributed by atoms with E-state index >= 15 is 0 Å². The normalized spacial score (nSPS) is 10.2. The van der Waals surface area contributed by atoms with E-state index in [9.17, 15) is 4.39 Å². The molecule has 0 aliphatic carbocycles. The predicted molar refractivity (Wildman–Crippen MR) is 69.5 cm³/mol. The van der Waals surface area contributed by atoms with E-state index in [4.69, 9.17) is 16.3 Å². The molecule has 18 heavy (non-hydrogen) atoms. The van der Waals surface area contributed by atoms with Crippen molar-refractivity contribution in [1.29, 1.82) is 0 Å². The molecule has 0 saturated heterocycles. The molecule has 0 aliphatic rings. The monoisotopic (exact) mass is 266 g/mol. The molecule has 0 radical (unpaired) electrons. The minimum atomic E-state index is -0.371. The molecule has 3 nitrogen and oxygen atoms in total. The zero-order valence-electron chi connectivity index (χ0n) is 9.78. The van der Waals surface area contributed by atoms with Crippen LogP contribution in [0.25, 0.3) is 0 Å². The van der Waals surface area contributed by atoms with Gasteiger partial charge in [-0.1, -0.05) is 17.7 Å². The minimum absolute atomic E-state index is 0.241. The summed E-state index contributed by atoms with van der Waals surface area (Å²) in [6.45, 7) is 0.501. The Morgan fingerprint density at radius 1 is 1.33 bits per heavy atom. The Morgan fingerprint density at radius 3 is 2.83 bits per heavy atom. The molecule has 1 aromatic heterocycles. The van der Waals surface area contributed by atoms with Crippen LogP contribution < -0.4 is 10.1 Å². The van der Waals surface area contributed by atoms with Crippen molar-refractivity contribution < 1.29 is 9.13 Å². The van der Waals surface area contributed by atoms with Gasteiger partial charge in [-0.3, -0.25) is 0 Å². The lowest BCUT2D eigenvalue weighted by molar-refractivity contribution is 0.386. The van der Waals surface area contributed by atoms with Crippen molar-refractivity contribution in [3.05, 3.63) is 53.1 Å². The summed E-state index contributed by atoms with van der Waals surface area (Å²) in [5.74, 6) is -0.129. The van der Waals surface area contributed by atoms with Gasteiger partial charge in [-0.25, -0.2) is 9.37 Å². The highest BCUT2D eigenvalue weighted by molar-refractivity contribution is 6.29. The van der Waals surface area contributed by atoms with Crippen molar-refractivity contribution >= 4 is 17.3 Å². The lowest BCUT2D eigenvalue weighted by Gasteiger charge is -2.08. The number of aromatic nitrogens is 1. The quantitative estimate of drug-likeness (QED) is 0.860. The second-order valence-corrected chi connectivity index (χ2v) is 4.08. The van der Waals surface area contributed by atoms with E-state index in [1.807, 2.05) is 0 Å². The van der Waals surface area contributed by atoms with Gasteiger partial charge in [0.05, 0.1) is 7.11 Å². The number of pyridine rings is 1. The van der Waals surface area contributed by atoms with E-state index in [1.165, 1.54) is 13.2 Å². The van der Waals surface area contributed by atoms with Gasteiger partial charge in [0.1, 0.15) is 5.15 Å². The maximum atomic E-state index is 13.5. The van der Waals surface area contributed by atoms with E-state index in [1.54, 1.807) is 30.5 Å². The standard InChI is InChI=1S/C13H12ClFN2O/c1-18-12-3-2-9(6-11(12)15)8-17-10-4-5-16-13(14)7-10/h2-7H,8H2,1H3,(H,16,17). The third-order valence-corrected chi connectivity index (χ3v) is 2.65. The topological polar surface area (TPSA) is 34.1 Å². The fraction of sp³-hybridized carbons (Fsp3) is 0.154. The fourth-order valence-electron chi connectivity index (χ4n) is 1.54. The van der Waals surface area contributed by atoms with Crippen molar-refractivity contribution in [2.75, 3.05) is 12.4 Å². The summed E-state index contributed by atoms with van der Waals surface area (Å²) >= 11 is 5.76. The molecule has 2 aromatic rings. The molecule has 94 valence electrons. The van der Waals surface area contributed by atoms with Crippen LogP contribution in [0.1, 0.15) is 5.56 Å². The van der Waals surface area contributed by atoms with Gasteiger partial charge in [-0.15, -0.1) is 0 Å². The first-order valence-corrected chi connectivity index (χ1v) is 5.74. The maximum Gasteiger partial charge on any atom is 0.165 e. The van der Waals surface area contributed by atoms with Gasteiger partial charge in [0.15, 0.2) is 11.6 Å². The zero-order valence-corrected chi connectivity index (χ0v) is 10.5. The molecule has 1 aromatic carbocycles. The van der Waals surface area contributed by atoms with Gasteiger partial charge in [-0.2, -0.15) is 0 Å². The Kier molecular flexibility index (Phi) is 3.99. The van der Waals surface area contributed by atoms with E-state index in [2.05, 4.69) is 10.3 Å². The molecule has 2 rings (SSSR count). The molecular formula is C13H12ClFN2O. The Hall–Kier alpha value is -1.81. The number of hydrogen-bond acceptors (Lipinski definition) is 3. The summed E-state index contributed by atoms with van der Waals surface area (Å²) < 4.78 is 18.3. The highest BCUT2D eigenvalue weighted by Crippen LogP contribution is 2.19. The van der Waals surface area contributed by atoms with Gasteiger partial charge >= 0.3 is 0 Å². The minimum Gasteiger partial charge on any atom is -0.494 e. The lowest BCUT2D eigenvalue weighted by Crippen LogP contribution is -2.00. The SMILES string of the molecule is COc1ccc(CNc2ccnc(Cl)c2)cc1F. The number of hydrogen-bond donors (Lipinski definition) is 1. The fourth-order valence-corrected chi connectivity index (χ4v) is 1.71. The van der Waals surface area contributed by atoms with Gasteiger partial charge in [-0.05, 0) is 29.8 Å². The van der Waals surface area contributed by atoms with Crippen LogP contribution in [-0.4, -0.2) is 12.1 Å². The Bertz CT molecular complexity index is 548. The molecule has 0 atom stereocenters. The summed E-state index contributed by atoms with van der Waals surface area (Å²) in [5, 5.41) is 3.55. The van der Waals surface area contributed by atoms with Crippen LogP contribution in [0.15, 0.2) is 36.5 Å². The summed E-state index contributed by atoms with van der Waals surface area (Å²) in [6.07, 6.45) is 1.61. The van der Waals surface area contributed by atoms with Crippen molar-refractivity contribution in [2.45, 2.75) is 6.54 Å². The van der Waals surface area contributed by atoms with Gasteiger partial charge < -0.3 is 10.1 Å². The van der Waals surface area contributed by atoms with Gasteiger partial charge in [0.25, 0.3) is 0 Å². The van der Waals surface area contributed by atoms with E-state index in [0.29, 0.717) is 11.7 Å². The van der Waals surface area contributed by atoms with Crippen LogP contribution >= 0.6 is 11.6 Å². The van der Waals surface area contributed by atoms with Crippen LogP contribution in [0, 0.1) is 5.82 Å². The smallest absolute Gasteiger partial charge is 0.165 e. The Morgan fingerprint density at radius 2 is 2.17 bits per heavy atom. The number of rotatable bonds is 4. The highest BCUT2D eigenvalue weighted by Gasteiger charge is 2.03. The van der Waals surface area contributed by atoms with Crippen molar-refractivity contribution in [3.8, 4) is 5.75 Å². The Balaban J connectivity index is 2.04. The summed E-state index contributed by atoms with van der Waals surface area (Å²) in [4.78, 5) is 3.88. The number of anilines is 1. The first kappa shape index (κ1) is 12.6. The summed E-state index contributed by atoms with van der Waals surface area (Å²) in [7, 11) is 1.44. The highest BCUT2D eigenvalue weighted by atomic mass is 35.5. The average Bonchev–Trinajstić information content (AvgIpc) is 2.37. The second kappa shape index (κ2) is 5.69. The van der Waals surface area contributed by atoms with Crippen molar-refractivity contribution in [3.63, 3.8) is 0 Å². The maximum absolute atomic E-state index is 13.5. The van der Waals surface area contributed by atoms with Crippen LogP contribution in [0.2, 0.25) is 5.15 Å². The lowest BCUT2D eigenvalue weighted by atomic mass is 10.2. The number of nitrogens with zero attached hydrogens (tertiary/aromatic N) is 1.